The van der Waals surface area contributed by atoms with Crippen LogP contribution in [0.15, 0.2) is 0 Å². The van der Waals surface area contributed by atoms with Crippen LogP contribution in [0.4, 0.5) is 0 Å². The summed E-state index contributed by atoms with van der Waals surface area (Å²) in [5.41, 5.74) is 0. The first-order chi connectivity index (χ1) is 8.24. The molecule has 2 fully saturated rings. The second-order valence-electron chi connectivity index (χ2n) is 4.72. The third kappa shape index (κ3) is 2.60. The molecule has 0 aromatic rings. The molecule has 17 heavy (non-hydrogen) atoms. The van der Waals surface area contributed by atoms with E-state index in [0.29, 0.717) is 6.54 Å². The molecule has 2 aliphatic rings. The van der Waals surface area contributed by atoms with Crippen molar-refractivity contribution in [1.29, 1.82) is 0 Å². The minimum Gasteiger partial charge on any atom is -0.467 e. The zero-order chi connectivity index (χ0) is 12.3. The van der Waals surface area contributed by atoms with Gasteiger partial charge in [0.1, 0.15) is 6.04 Å². The molecule has 2 rings (SSSR count). The molecular weight excluding hydrogens is 220 g/mol. The summed E-state index contributed by atoms with van der Waals surface area (Å²) >= 11 is 0. The number of piperidine rings is 1. The van der Waals surface area contributed by atoms with Gasteiger partial charge in [-0.05, 0) is 38.6 Å². The van der Waals surface area contributed by atoms with Gasteiger partial charge in [-0.15, -0.1) is 0 Å². The number of carbonyl (C=O) groups excluding carboxylic acids is 2. The standard InChI is InChI=1S/C12H20N2O3/c1-17-12(16)10-6-2-3-8-14(10)11(15)9-5-4-7-13-9/h9-10,13H,2-8H2,1H3/t9-,10?/m0/s1. The van der Waals surface area contributed by atoms with Crippen molar-refractivity contribution < 1.29 is 14.3 Å². The van der Waals surface area contributed by atoms with E-state index in [2.05, 4.69) is 5.32 Å². The highest BCUT2D eigenvalue weighted by molar-refractivity contribution is 5.88. The van der Waals surface area contributed by atoms with Crippen LogP contribution in [0.25, 0.3) is 0 Å². The van der Waals surface area contributed by atoms with Crippen molar-refractivity contribution in [2.24, 2.45) is 0 Å². The average molecular weight is 240 g/mol. The first-order valence-electron chi connectivity index (χ1n) is 6.35. The Morgan fingerprint density at radius 1 is 1.24 bits per heavy atom. The Labute approximate surface area is 101 Å². The molecule has 0 spiro atoms. The fraction of sp³-hybridized carbons (Fsp3) is 0.833. The Morgan fingerprint density at radius 3 is 2.71 bits per heavy atom. The van der Waals surface area contributed by atoms with Gasteiger partial charge in [-0.2, -0.15) is 0 Å². The Bertz CT molecular complexity index is 300. The van der Waals surface area contributed by atoms with Gasteiger partial charge in [0, 0.05) is 6.54 Å². The number of nitrogens with zero attached hydrogens (tertiary/aromatic N) is 1. The minimum absolute atomic E-state index is 0.0672. The SMILES string of the molecule is COC(=O)C1CCCCN1C(=O)[C@@H]1CCCN1. The van der Waals surface area contributed by atoms with Gasteiger partial charge in [-0.3, -0.25) is 4.79 Å². The fourth-order valence-corrected chi connectivity index (χ4v) is 2.67. The summed E-state index contributed by atoms with van der Waals surface area (Å²) < 4.78 is 4.78. The number of amides is 1. The van der Waals surface area contributed by atoms with E-state index >= 15 is 0 Å². The molecule has 2 saturated heterocycles. The first-order valence-corrected chi connectivity index (χ1v) is 6.35. The number of hydrogen-bond donors (Lipinski definition) is 1. The number of rotatable bonds is 2. The van der Waals surface area contributed by atoms with Crippen LogP contribution in [0.5, 0.6) is 0 Å². The normalized spacial score (nSPS) is 29.1. The van der Waals surface area contributed by atoms with E-state index in [0.717, 1.165) is 38.6 Å². The molecule has 1 N–H and O–H groups in total. The number of ether oxygens (including phenoxy) is 1. The number of nitrogens with one attached hydrogen (secondary N) is 1. The molecule has 1 amide bonds. The summed E-state index contributed by atoms with van der Waals surface area (Å²) in [5.74, 6) is -0.214. The third-order valence-corrected chi connectivity index (χ3v) is 3.62. The molecule has 2 heterocycles. The molecule has 5 heteroatoms. The smallest absolute Gasteiger partial charge is 0.328 e. The monoisotopic (exact) mass is 240 g/mol. The minimum atomic E-state index is -0.372. The average Bonchev–Trinajstić information content (AvgIpc) is 2.91. The van der Waals surface area contributed by atoms with Gasteiger partial charge < -0.3 is 15.0 Å². The van der Waals surface area contributed by atoms with E-state index in [4.69, 9.17) is 4.74 Å². The summed E-state index contributed by atoms with van der Waals surface area (Å²) in [6.07, 6.45) is 4.61. The summed E-state index contributed by atoms with van der Waals surface area (Å²) in [6.45, 7) is 1.57. The molecule has 2 atom stereocenters. The third-order valence-electron chi connectivity index (χ3n) is 3.62. The zero-order valence-electron chi connectivity index (χ0n) is 10.3. The lowest BCUT2D eigenvalue weighted by Crippen LogP contribution is -2.53. The predicted octanol–water partition coefficient (Wildman–Crippen LogP) is 0.293. The lowest BCUT2D eigenvalue weighted by molar-refractivity contribution is -0.155. The van der Waals surface area contributed by atoms with E-state index < -0.39 is 0 Å². The van der Waals surface area contributed by atoms with E-state index in [1.807, 2.05) is 0 Å². The Hall–Kier alpha value is -1.10. The molecule has 0 aliphatic carbocycles. The second-order valence-corrected chi connectivity index (χ2v) is 4.72. The van der Waals surface area contributed by atoms with Crippen molar-refractivity contribution in [3.05, 3.63) is 0 Å². The molecule has 5 nitrogen and oxygen atoms in total. The largest absolute Gasteiger partial charge is 0.467 e. The van der Waals surface area contributed by atoms with Crippen molar-refractivity contribution in [1.82, 2.24) is 10.2 Å². The highest BCUT2D eigenvalue weighted by atomic mass is 16.5. The van der Waals surface area contributed by atoms with Crippen LogP contribution < -0.4 is 5.32 Å². The molecule has 96 valence electrons. The lowest BCUT2D eigenvalue weighted by atomic mass is 10.0. The van der Waals surface area contributed by atoms with Crippen LogP contribution in [0.2, 0.25) is 0 Å². The van der Waals surface area contributed by atoms with Crippen LogP contribution >= 0.6 is 0 Å². The molecule has 2 aliphatic heterocycles. The van der Waals surface area contributed by atoms with Gasteiger partial charge in [0.05, 0.1) is 13.2 Å². The molecule has 0 saturated carbocycles. The van der Waals surface area contributed by atoms with E-state index in [9.17, 15) is 9.59 Å². The number of likely N-dealkylation sites (tertiary alicyclic amines) is 1. The van der Waals surface area contributed by atoms with Gasteiger partial charge >= 0.3 is 5.97 Å². The van der Waals surface area contributed by atoms with Gasteiger partial charge in [0.25, 0.3) is 0 Å². The molecular formula is C12H20N2O3. The van der Waals surface area contributed by atoms with Gasteiger partial charge in [0.2, 0.25) is 5.91 Å². The Balaban J connectivity index is 2.04. The number of methoxy groups -OCH3 is 1. The Kier molecular flexibility index (Phi) is 3.99. The second kappa shape index (κ2) is 5.49. The molecule has 0 bridgehead atoms. The summed E-state index contributed by atoms with van der Waals surface area (Å²) in [5, 5.41) is 3.19. The zero-order valence-corrected chi connectivity index (χ0v) is 10.3. The topological polar surface area (TPSA) is 58.6 Å². The quantitative estimate of drug-likeness (QED) is 0.705. The van der Waals surface area contributed by atoms with Crippen LogP contribution in [0, 0.1) is 0 Å². The summed E-state index contributed by atoms with van der Waals surface area (Å²) in [4.78, 5) is 25.7. The maximum atomic E-state index is 12.3. The van der Waals surface area contributed by atoms with Crippen LogP contribution in [0.1, 0.15) is 32.1 Å². The number of hydrogen-bond acceptors (Lipinski definition) is 4. The maximum absolute atomic E-state index is 12.3. The van der Waals surface area contributed by atoms with E-state index in [1.165, 1.54) is 7.11 Å². The first kappa shape index (κ1) is 12.4. The summed E-state index contributed by atoms with van der Waals surface area (Å²) in [7, 11) is 1.38. The predicted molar refractivity (Wildman–Crippen MR) is 62.4 cm³/mol. The lowest BCUT2D eigenvalue weighted by Gasteiger charge is -2.35. The highest BCUT2D eigenvalue weighted by Crippen LogP contribution is 2.20. The highest BCUT2D eigenvalue weighted by Gasteiger charge is 2.36. The van der Waals surface area contributed by atoms with Crippen molar-refractivity contribution in [3.8, 4) is 0 Å². The molecule has 0 radical (unpaired) electrons. The number of carbonyl (C=O) groups is 2. The van der Waals surface area contributed by atoms with Crippen LogP contribution in [-0.4, -0.2) is 49.1 Å². The van der Waals surface area contributed by atoms with Crippen molar-refractivity contribution in [2.75, 3.05) is 20.2 Å². The van der Waals surface area contributed by atoms with Crippen LogP contribution in [0.3, 0.4) is 0 Å². The van der Waals surface area contributed by atoms with Crippen molar-refractivity contribution >= 4 is 11.9 Å². The summed E-state index contributed by atoms with van der Waals surface area (Å²) in [6, 6.07) is -0.469. The molecule has 0 aromatic heterocycles. The van der Waals surface area contributed by atoms with E-state index in [-0.39, 0.29) is 24.0 Å². The fourth-order valence-electron chi connectivity index (χ4n) is 2.67. The van der Waals surface area contributed by atoms with Crippen LogP contribution in [-0.2, 0) is 14.3 Å². The Morgan fingerprint density at radius 2 is 2.06 bits per heavy atom. The molecule has 0 aromatic carbocycles. The van der Waals surface area contributed by atoms with Crippen molar-refractivity contribution in [2.45, 2.75) is 44.2 Å². The maximum Gasteiger partial charge on any atom is 0.328 e. The van der Waals surface area contributed by atoms with Gasteiger partial charge in [-0.25, -0.2) is 4.79 Å². The molecule has 1 unspecified atom stereocenters. The van der Waals surface area contributed by atoms with Gasteiger partial charge in [0.15, 0.2) is 0 Å². The van der Waals surface area contributed by atoms with Gasteiger partial charge in [-0.1, -0.05) is 0 Å². The van der Waals surface area contributed by atoms with Crippen molar-refractivity contribution in [3.63, 3.8) is 0 Å². The number of esters is 1. The van der Waals surface area contributed by atoms with E-state index in [1.54, 1.807) is 4.90 Å².